The van der Waals surface area contributed by atoms with Gasteiger partial charge in [0.25, 0.3) is 0 Å². The molecule has 10 nitrogen and oxygen atoms in total. The number of sulfonamides is 1. The molecule has 2 heterocycles. The third-order valence-corrected chi connectivity index (χ3v) is 7.22. The molecular formula is C21H23N7O3S2. The molecule has 12 heteroatoms. The summed E-state index contributed by atoms with van der Waals surface area (Å²) >= 11 is 0.940. The molecule has 2 N–H and O–H groups in total. The Hall–Kier alpha value is -3.22. The van der Waals surface area contributed by atoms with E-state index >= 15 is 0 Å². The zero-order valence-electron chi connectivity index (χ0n) is 18.2. The van der Waals surface area contributed by atoms with Crippen LogP contribution in [0.5, 0.6) is 0 Å². The van der Waals surface area contributed by atoms with E-state index in [-0.39, 0.29) is 16.9 Å². The number of amides is 1. The molecule has 0 saturated heterocycles. The van der Waals surface area contributed by atoms with Crippen LogP contribution in [0.15, 0.2) is 60.0 Å². The average Bonchev–Trinajstić information content (AvgIpc) is 3.49. The zero-order chi connectivity index (χ0) is 23.6. The van der Waals surface area contributed by atoms with Gasteiger partial charge in [-0.25, -0.2) is 18.1 Å². The van der Waals surface area contributed by atoms with E-state index in [4.69, 9.17) is 0 Å². The van der Waals surface area contributed by atoms with Crippen molar-refractivity contribution >= 4 is 38.7 Å². The maximum atomic E-state index is 13.1. The van der Waals surface area contributed by atoms with Crippen molar-refractivity contribution in [2.45, 2.75) is 37.8 Å². The number of fused-ring (bicyclic) bond motifs is 1. The Balaban J connectivity index is 1.49. The lowest BCUT2D eigenvalue weighted by Gasteiger charge is -2.24. The standard InChI is InChI=1S/C21H23N7O3S2/c1-13(2)19(27-33(30,31)18-6-4-5-17-20(18)26-32-25-17)21(29)24-14(3)15-7-9-16(10-8-15)28-12-22-11-23-28/h4-14,19,27H,1-3H3,(H,24,29)/t14-,19+/m1/s1. The molecule has 0 fully saturated rings. The maximum absolute atomic E-state index is 13.1. The molecular weight excluding hydrogens is 462 g/mol. The molecule has 4 aromatic rings. The van der Waals surface area contributed by atoms with E-state index in [2.05, 4.69) is 28.9 Å². The van der Waals surface area contributed by atoms with Crippen LogP contribution in [-0.4, -0.2) is 43.9 Å². The van der Waals surface area contributed by atoms with E-state index in [9.17, 15) is 13.2 Å². The summed E-state index contributed by atoms with van der Waals surface area (Å²) in [6, 6.07) is 11.0. The second kappa shape index (κ2) is 9.33. The molecule has 1 amide bonds. The summed E-state index contributed by atoms with van der Waals surface area (Å²) in [5, 5.41) is 7.00. The van der Waals surface area contributed by atoms with E-state index < -0.39 is 22.0 Å². The highest BCUT2D eigenvalue weighted by Gasteiger charge is 2.30. The van der Waals surface area contributed by atoms with Gasteiger partial charge in [0.15, 0.2) is 0 Å². The lowest BCUT2D eigenvalue weighted by Crippen LogP contribution is -2.50. The van der Waals surface area contributed by atoms with Gasteiger partial charge in [-0.1, -0.05) is 32.0 Å². The summed E-state index contributed by atoms with van der Waals surface area (Å²) in [7, 11) is -4.00. The number of nitrogens with zero attached hydrogens (tertiary/aromatic N) is 5. The maximum Gasteiger partial charge on any atom is 0.243 e. The number of rotatable bonds is 8. The van der Waals surface area contributed by atoms with Gasteiger partial charge in [0, 0.05) is 0 Å². The van der Waals surface area contributed by atoms with Gasteiger partial charge in [0.05, 0.1) is 23.5 Å². The number of carbonyl (C=O) groups excluding carboxylic acids is 1. The number of carbonyl (C=O) groups is 1. The summed E-state index contributed by atoms with van der Waals surface area (Å²) in [6.45, 7) is 5.42. The van der Waals surface area contributed by atoms with Crippen LogP contribution >= 0.6 is 11.7 Å². The second-order valence-corrected chi connectivity index (χ2v) is 10.1. The van der Waals surface area contributed by atoms with Crippen molar-refractivity contribution in [1.29, 1.82) is 0 Å². The minimum Gasteiger partial charge on any atom is -0.348 e. The lowest BCUT2D eigenvalue weighted by molar-refractivity contribution is -0.124. The third-order valence-electron chi connectivity index (χ3n) is 5.20. The molecule has 172 valence electrons. The smallest absolute Gasteiger partial charge is 0.243 e. The van der Waals surface area contributed by atoms with E-state index in [1.165, 1.54) is 12.4 Å². The van der Waals surface area contributed by atoms with Crippen molar-refractivity contribution in [2.75, 3.05) is 0 Å². The first-order chi connectivity index (χ1) is 15.8. The summed E-state index contributed by atoms with van der Waals surface area (Å²) in [5.41, 5.74) is 2.50. The Morgan fingerprint density at radius 3 is 2.48 bits per heavy atom. The molecule has 0 aliphatic carbocycles. The number of benzene rings is 2. The Labute approximate surface area is 195 Å². The first-order valence-corrected chi connectivity index (χ1v) is 12.5. The van der Waals surface area contributed by atoms with E-state index in [0.29, 0.717) is 11.0 Å². The fourth-order valence-electron chi connectivity index (χ4n) is 3.37. The first-order valence-electron chi connectivity index (χ1n) is 10.2. The highest BCUT2D eigenvalue weighted by atomic mass is 32.2. The Morgan fingerprint density at radius 2 is 1.82 bits per heavy atom. The number of hydrogen-bond acceptors (Lipinski definition) is 8. The van der Waals surface area contributed by atoms with Gasteiger partial charge in [-0.2, -0.15) is 18.6 Å². The van der Waals surface area contributed by atoms with Crippen LogP contribution in [0.1, 0.15) is 32.4 Å². The van der Waals surface area contributed by atoms with Crippen molar-refractivity contribution in [3.8, 4) is 5.69 Å². The third kappa shape index (κ3) is 4.92. The molecule has 33 heavy (non-hydrogen) atoms. The molecule has 2 atom stereocenters. The molecule has 2 aromatic carbocycles. The van der Waals surface area contributed by atoms with Gasteiger partial charge in [-0.3, -0.25) is 4.79 Å². The highest BCUT2D eigenvalue weighted by Crippen LogP contribution is 2.22. The average molecular weight is 486 g/mol. The predicted molar refractivity (Wildman–Crippen MR) is 124 cm³/mol. The van der Waals surface area contributed by atoms with Crippen LogP contribution < -0.4 is 10.0 Å². The zero-order valence-corrected chi connectivity index (χ0v) is 19.8. The Kier molecular flexibility index (Phi) is 6.49. The second-order valence-electron chi connectivity index (χ2n) is 7.89. The lowest BCUT2D eigenvalue weighted by atomic mass is 10.0. The van der Waals surface area contributed by atoms with Gasteiger partial charge >= 0.3 is 0 Å². The van der Waals surface area contributed by atoms with E-state index in [0.717, 1.165) is 23.0 Å². The minimum atomic E-state index is -4.00. The van der Waals surface area contributed by atoms with Crippen LogP contribution in [0.3, 0.4) is 0 Å². The van der Waals surface area contributed by atoms with Crippen molar-refractivity contribution in [3.05, 3.63) is 60.7 Å². The monoisotopic (exact) mass is 485 g/mol. The van der Waals surface area contributed by atoms with Crippen molar-refractivity contribution in [1.82, 2.24) is 33.6 Å². The number of nitrogens with one attached hydrogen (secondary N) is 2. The summed E-state index contributed by atoms with van der Waals surface area (Å²) in [4.78, 5) is 17.0. The molecule has 0 spiro atoms. The molecule has 0 unspecified atom stereocenters. The molecule has 0 aliphatic heterocycles. The summed E-state index contributed by atoms with van der Waals surface area (Å²) in [6.07, 6.45) is 3.05. The van der Waals surface area contributed by atoms with Crippen molar-refractivity contribution < 1.29 is 13.2 Å². The normalized spacial score (nSPS) is 13.8. The molecule has 0 bridgehead atoms. The van der Waals surface area contributed by atoms with E-state index in [1.54, 1.807) is 37.0 Å². The van der Waals surface area contributed by atoms with Crippen molar-refractivity contribution in [3.63, 3.8) is 0 Å². The predicted octanol–water partition coefficient (Wildman–Crippen LogP) is 2.45. The molecule has 0 aliphatic rings. The van der Waals surface area contributed by atoms with Gasteiger partial charge in [-0.05, 0) is 42.7 Å². The topological polar surface area (TPSA) is 132 Å². The van der Waals surface area contributed by atoms with E-state index in [1.807, 2.05) is 31.2 Å². The van der Waals surface area contributed by atoms with Gasteiger partial charge in [-0.15, -0.1) is 0 Å². The first kappa shape index (κ1) is 23.0. The number of hydrogen-bond donors (Lipinski definition) is 2. The highest BCUT2D eigenvalue weighted by molar-refractivity contribution is 7.89. The molecule has 2 aromatic heterocycles. The molecule has 0 saturated carbocycles. The summed E-state index contributed by atoms with van der Waals surface area (Å²) in [5.74, 6) is -0.695. The minimum absolute atomic E-state index is 0.00366. The van der Waals surface area contributed by atoms with Crippen LogP contribution in [0.4, 0.5) is 0 Å². The Morgan fingerprint density at radius 1 is 1.06 bits per heavy atom. The number of aromatic nitrogens is 5. The Bertz CT molecular complexity index is 1350. The fraction of sp³-hybridized carbons (Fsp3) is 0.286. The van der Waals surface area contributed by atoms with Crippen LogP contribution in [0.2, 0.25) is 0 Å². The quantitative estimate of drug-likeness (QED) is 0.392. The van der Waals surface area contributed by atoms with Gasteiger partial charge in [0.2, 0.25) is 15.9 Å². The summed E-state index contributed by atoms with van der Waals surface area (Å²) < 4.78 is 38.6. The van der Waals surface area contributed by atoms with Crippen LogP contribution in [-0.2, 0) is 14.8 Å². The van der Waals surface area contributed by atoms with Crippen LogP contribution in [0, 0.1) is 5.92 Å². The van der Waals surface area contributed by atoms with Crippen molar-refractivity contribution in [2.24, 2.45) is 5.92 Å². The van der Waals surface area contributed by atoms with Crippen LogP contribution in [0.25, 0.3) is 16.7 Å². The van der Waals surface area contributed by atoms with Gasteiger partial charge < -0.3 is 5.32 Å². The fourth-order valence-corrected chi connectivity index (χ4v) is 5.48. The largest absolute Gasteiger partial charge is 0.348 e. The van der Waals surface area contributed by atoms with Gasteiger partial charge in [0.1, 0.15) is 34.6 Å². The SMILES string of the molecule is CC(C)[C@H](NS(=O)(=O)c1cccc2nsnc12)C(=O)N[C@H](C)c1ccc(-n2cncn2)cc1. The molecule has 4 rings (SSSR count). The molecule has 0 radical (unpaired) electrons.